The van der Waals surface area contributed by atoms with Crippen molar-refractivity contribution in [1.82, 2.24) is 15.2 Å². The van der Waals surface area contributed by atoms with Crippen molar-refractivity contribution >= 4 is 17.2 Å². The smallest absolute Gasteiger partial charge is 0.228 e. The topological polar surface area (TPSA) is 45.2 Å². The maximum absolute atomic E-state index is 12.9. The molecule has 1 N–H and O–H groups in total. The highest BCUT2D eigenvalue weighted by atomic mass is 32.1. The molecule has 2 fully saturated rings. The second kappa shape index (κ2) is 6.28. The number of amides is 1. The number of hydrogen-bond acceptors (Lipinski definition) is 4. The third-order valence-electron chi connectivity index (χ3n) is 5.27. The predicted octanol–water partition coefficient (Wildman–Crippen LogP) is 2.83. The molecule has 1 aromatic rings. The number of aromatic nitrogens is 1. The molecule has 0 unspecified atom stereocenters. The van der Waals surface area contributed by atoms with Gasteiger partial charge in [0.1, 0.15) is 0 Å². The summed E-state index contributed by atoms with van der Waals surface area (Å²) in [5.74, 6) is 0.284. The fraction of sp³-hybridized carbons (Fsp3) is 0.765. The molecular formula is C17H27N3OS. The summed E-state index contributed by atoms with van der Waals surface area (Å²) in [6, 6.07) is 0.352. The van der Waals surface area contributed by atoms with Crippen LogP contribution in [0.1, 0.15) is 54.6 Å². The number of piperidine rings is 1. The van der Waals surface area contributed by atoms with Crippen LogP contribution in [0.5, 0.6) is 0 Å². The molecule has 5 heteroatoms. The summed E-state index contributed by atoms with van der Waals surface area (Å²) < 4.78 is 0. The van der Waals surface area contributed by atoms with E-state index >= 15 is 0 Å². The molecule has 1 aromatic heterocycles. The van der Waals surface area contributed by atoms with Gasteiger partial charge in [0.25, 0.3) is 0 Å². The van der Waals surface area contributed by atoms with Crippen molar-refractivity contribution in [2.45, 2.75) is 70.9 Å². The monoisotopic (exact) mass is 321 g/mol. The van der Waals surface area contributed by atoms with Crippen molar-refractivity contribution in [3.05, 3.63) is 15.6 Å². The Labute approximate surface area is 137 Å². The molecular weight excluding hydrogens is 294 g/mol. The van der Waals surface area contributed by atoms with Crippen LogP contribution in [0.4, 0.5) is 0 Å². The number of thiazole rings is 1. The lowest BCUT2D eigenvalue weighted by Gasteiger charge is -2.48. The van der Waals surface area contributed by atoms with Gasteiger partial charge < -0.3 is 10.2 Å². The van der Waals surface area contributed by atoms with Crippen LogP contribution >= 0.6 is 11.3 Å². The fourth-order valence-electron chi connectivity index (χ4n) is 4.08. The number of nitrogens with zero attached hydrogens (tertiary/aromatic N) is 2. The van der Waals surface area contributed by atoms with Crippen molar-refractivity contribution in [2.75, 3.05) is 13.1 Å². The van der Waals surface area contributed by atoms with Crippen LogP contribution in [0.2, 0.25) is 0 Å². The zero-order valence-corrected chi connectivity index (χ0v) is 14.8. The van der Waals surface area contributed by atoms with Crippen molar-refractivity contribution < 1.29 is 4.79 Å². The quantitative estimate of drug-likeness (QED) is 0.911. The molecule has 0 aliphatic carbocycles. The van der Waals surface area contributed by atoms with Crippen LogP contribution < -0.4 is 5.32 Å². The minimum atomic E-state index is 0.100. The molecule has 22 heavy (non-hydrogen) atoms. The van der Waals surface area contributed by atoms with E-state index in [9.17, 15) is 4.79 Å². The number of fused-ring (bicyclic) bond motifs is 1. The molecule has 0 spiro atoms. The average Bonchev–Trinajstić information content (AvgIpc) is 2.67. The maximum Gasteiger partial charge on any atom is 0.228 e. The zero-order valence-electron chi connectivity index (χ0n) is 13.9. The van der Waals surface area contributed by atoms with Crippen LogP contribution in [-0.2, 0) is 11.2 Å². The van der Waals surface area contributed by atoms with E-state index < -0.39 is 0 Å². The number of hydrogen-bond donors (Lipinski definition) is 1. The van der Waals surface area contributed by atoms with Crippen molar-refractivity contribution in [3.8, 4) is 0 Å². The number of rotatable bonds is 2. The summed E-state index contributed by atoms with van der Waals surface area (Å²) in [6.07, 6.45) is 6.38. The van der Waals surface area contributed by atoms with Crippen LogP contribution in [-0.4, -0.2) is 40.5 Å². The number of carbonyl (C=O) groups is 1. The summed E-state index contributed by atoms with van der Waals surface area (Å²) in [5.41, 5.74) is 1.12. The molecule has 0 bridgehead atoms. The first kappa shape index (κ1) is 15.9. The standard InChI is InChI=1S/C17H27N3OS/c1-12-14(22-13(2)19-12)11-16(21)20-10-6-8-17(3)15(20)7-4-5-9-18-17/h15,18H,4-11H2,1-3H3/t15-,17-/m0/s1. The molecule has 2 aliphatic heterocycles. The molecule has 2 atom stereocenters. The number of likely N-dealkylation sites (tertiary alicyclic amines) is 1. The Morgan fingerprint density at radius 3 is 2.95 bits per heavy atom. The third-order valence-corrected chi connectivity index (χ3v) is 6.34. The number of nitrogens with one attached hydrogen (secondary N) is 1. The van der Waals surface area contributed by atoms with E-state index in [2.05, 4.69) is 22.1 Å². The van der Waals surface area contributed by atoms with Gasteiger partial charge in [0.05, 0.1) is 17.1 Å². The maximum atomic E-state index is 12.9. The van der Waals surface area contributed by atoms with E-state index in [-0.39, 0.29) is 11.4 Å². The van der Waals surface area contributed by atoms with E-state index in [1.165, 1.54) is 19.3 Å². The Kier molecular flexibility index (Phi) is 4.55. The third kappa shape index (κ3) is 3.06. The Morgan fingerprint density at radius 1 is 1.41 bits per heavy atom. The number of carbonyl (C=O) groups excluding carboxylic acids is 1. The molecule has 0 aromatic carbocycles. The van der Waals surface area contributed by atoms with Crippen molar-refractivity contribution in [2.24, 2.45) is 0 Å². The second-order valence-electron chi connectivity index (χ2n) is 6.96. The van der Waals surface area contributed by atoms with Crippen LogP contribution in [0.3, 0.4) is 0 Å². The summed E-state index contributed by atoms with van der Waals surface area (Å²) in [5, 5.41) is 4.78. The first-order valence-electron chi connectivity index (χ1n) is 8.47. The fourth-order valence-corrected chi connectivity index (χ4v) is 5.00. The first-order chi connectivity index (χ1) is 10.5. The summed E-state index contributed by atoms with van der Waals surface area (Å²) in [6.45, 7) is 8.34. The minimum Gasteiger partial charge on any atom is -0.338 e. The first-order valence-corrected chi connectivity index (χ1v) is 9.29. The predicted molar refractivity (Wildman–Crippen MR) is 90.3 cm³/mol. The molecule has 0 radical (unpaired) electrons. The van der Waals surface area contributed by atoms with Crippen molar-refractivity contribution in [1.29, 1.82) is 0 Å². The molecule has 2 saturated heterocycles. The lowest BCUT2D eigenvalue weighted by molar-refractivity contribution is -0.136. The van der Waals surface area contributed by atoms with Gasteiger partial charge >= 0.3 is 0 Å². The number of aryl methyl sites for hydroxylation is 2. The second-order valence-corrected chi connectivity index (χ2v) is 8.25. The summed E-state index contributed by atoms with van der Waals surface area (Å²) in [7, 11) is 0. The highest BCUT2D eigenvalue weighted by Crippen LogP contribution is 2.33. The van der Waals surface area contributed by atoms with Crippen molar-refractivity contribution in [3.63, 3.8) is 0 Å². The summed E-state index contributed by atoms with van der Waals surface area (Å²) >= 11 is 1.67. The average molecular weight is 321 g/mol. The largest absolute Gasteiger partial charge is 0.338 e. The van der Waals surface area contributed by atoms with Crippen LogP contribution in [0.25, 0.3) is 0 Å². The van der Waals surface area contributed by atoms with E-state index in [1.54, 1.807) is 11.3 Å². The van der Waals surface area contributed by atoms with Gasteiger partial charge in [0.2, 0.25) is 5.91 Å². The van der Waals surface area contributed by atoms with Crippen LogP contribution in [0, 0.1) is 13.8 Å². The molecule has 0 saturated carbocycles. The van der Waals surface area contributed by atoms with E-state index in [4.69, 9.17) is 0 Å². The highest BCUT2D eigenvalue weighted by Gasteiger charge is 2.43. The van der Waals surface area contributed by atoms with Gasteiger partial charge in [0.15, 0.2) is 0 Å². The normalized spacial score (nSPS) is 29.0. The molecule has 3 rings (SSSR count). The lowest BCUT2D eigenvalue weighted by atomic mass is 9.81. The van der Waals surface area contributed by atoms with Gasteiger partial charge in [-0.1, -0.05) is 6.42 Å². The molecule has 3 heterocycles. The van der Waals surface area contributed by atoms with Gasteiger partial charge in [-0.05, 0) is 53.0 Å². The Morgan fingerprint density at radius 2 is 2.23 bits per heavy atom. The Bertz CT molecular complexity index is 556. The highest BCUT2D eigenvalue weighted by molar-refractivity contribution is 7.11. The molecule has 122 valence electrons. The molecule has 4 nitrogen and oxygen atoms in total. The van der Waals surface area contributed by atoms with Gasteiger partial charge in [0, 0.05) is 23.0 Å². The zero-order chi connectivity index (χ0) is 15.7. The van der Waals surface area contributed by atoms with E-state index in [1.807, 2.05) is 13.8 Å². The molecule has 2 aliphatic rings. The summed E-state index contributed by atoms with van der Waals surface area (Å²) in [4.78, 5) is 20.7. The molecule has 1 amide bonds. The van der Waals surface area contributed by atoms with Gasteiger partial charge in [-0.25, -0.2) is 4.98 Å². The SMILES string of the molecule is Cc1nc(C)c(CC(=O)N2CCC[C@]3(C)NCCCC[C@H]23)s1. The van der Waals surface area contributed by atoms with Gasteiger partial charge in [-0.3, -0.25) is 4.79 Å². The van der Waals surface area contributed by atoms with Crippen LogP contribution in [0.15, 0.2) is 0 Å². The van der Waals surface area contributed by atoms with Gasteiger partial charge in [-0.2, -0.15) is 0 Å². The van der Waals surface area contributed by atoms with Gasteiger partial charge in [-0.15, -0.1) is 11.3 Å². The lowest BCUT2D eigenvalue weighted by Crippen LogP contribution is -2.62. The van der Waals surface area contributed by atoms with E-state index in [0.717, 1.165) is 41.5 Å². The van der Waals surface area contributed by atoms with E-state index in [0.29, 0.717) is 12.5 Å². The Hall–Kier alpha value is -0.940. The Balaban J connectivity index is 1.77. The minimum absolute atomic E-state index is 0.100.